The number of amides is 3. The van der Waals surface area contributed by atoms with Gasteiger partial charge in [-0.3, -0.25) is 24.2 Å². The van der Waals surface area contributed by atoms with Gasteiger partial charge in [0.25, 0.3) is 11.8 Å². The van der Waals surface area contributed by atoms with E-state index in [1.165, 1.54) is 9.80 Å². The first kappa shape index (κ1) is 19.4. The Labute approximate surface area is 177 Å². The van der Waals surface area contributed by atoms with Gasteiger partial charge in [-0.15, -0.1) is 0 Å². The highest BCUT2D eigenvalue weighted by atomic mass is 32.2. The summed E-state index contributed by atoms with van der Waals surface area (Å²) >= 11 is 6.31. The summed E-state index contributed by atoms with van der Waals surface area (Å²) in [5.74, 6) is -0.996. The van der Waals surface area contributed by atoms with Gasteiger partial charge >= 0.3 is 0 Å². The quantitative estimate of drug-likeness (QED) is 0.607. The van der Waals surface area contributed by atoms with Gasteiger partial charge in [-0.25, -0.2) is 0 Å². The van der Waals surface area contributed by atoms with Crippen molar-refractivity contribution in [3.05, 3.63) is 64.6 Å². The fraction of sp³-hybridized carbons (Fsp3) is 0.143. The lowest BCUT2D eigenvalue weighted by molar-refractivity contribution is -0.121. The number of carbonyl (C=O) groups excluding carboxylic acids is 3. The summed E-state index contributed by atoms with van der Waals surface area (Å²) in [5.41, 5.74) is 3.28. The van der Waals surface area contributed by atoms with Gasteiger partial charge in [0.1, 0.15) is 10.9 Å². The maximum absolute atomic E-state index is 13.2. The largest absolute Gasteiger partial charge is 0.325 e. The molecule has 29 heavy (non-hydrogen) atoms. The fourth-order valence-corrected chi connectivity index (χ4v) is 4.48. The SMILES string of the molecule is Cc1ccc(NC(=O)CN2C(=O)/C(=C3/SC(=S)N(C)C3=O)c3ccccc32)cc1. The average Bonchev–Trinajstić information content (AvgIpc) is 3.11. The highest BCUT2D eigenvalue weighted by Crippen LogP contribution is 2.44. The van der Waals surface area contributed by atoms with E-state index in [0.29, 0.717) is 31.7 Å². The minimum Gasteiger partial charge on any atom is -0.325 e. The number of thiocarbonyl (C=S) groups is 1. The number of thioether (sulfide) groups is 1. The molecule has 4 rings (SSSR count). The number of benzene rings is 2. The third-order valence-electron chi connectivity index (χ3n) is 4.75. The molecule has 1 fully saturated rings. The van der Waals surface area contributed by atoms with Gasteiger partial charge in [-0.2, -0.15) is 0 Å². The van der Waals surface area contributed by atoms with Crippen LogP contribution in [0.2, 0.25) is 0 Å². The van der Waals surface area contributed by atoms with E-state index in [4.69, 9.17) is 12.2 Å². The molecule has 0 bridgehead atoms. The average molecular weight is 424 g/mol. The van der Waals surface area contributed by atoms with Crippen LogP contribution >= 0.6 is 24.0 Å². The summed E-state index contributed by atoms with van der Waals surface area (Å²) in [6.45, 7) is 1.81. The minimum absolute atomic E-state index is 0.153. The standard InChI is InChI=1S/C21H17N3O3S2/c1-12-7-9-13(10-8-12)22-16(25)11-24-15-6-4-3-5-14(15)17(19(24)26)18-20(27)23(2)21(28)29-18/h3-10H,11H2,1-2H3,(H,22,25)/b18-17+. The van der Waals surface area contributed by atoms with Crippen molar-refractivity contribution in [1.29, 1.82) is 0 Å². The number of fused-ring (bicyclic) bond motifs is 1. The number of aryl methyl sites for hydroxylation is 1. The predicted octanol–water partition coefficient (Wildman–Crippen LogP) is 3.18. The van der Waals surface area contributed by atoms with E-state index in [-0.39, 0.29) is 24.3 Å². The first-order valence-electron chi connectivity index (χ1n) is 8.88. The Morgan fingerprint density at radius 2 is 1.76 bits per heavy atom. The van der Waals surface area contributed by atoms with Crippen LogP contribution in [0.15, 0.2) is 53.4 Å². The molecule has 0 unspecified atom stereocenters. The molecule has 0 atom stereocenters. The molecule has 0 aromatic heterocycles. The third-order valence-corrected chi connectivity index (χ3v) is 6.30. The first-order valence-corrected chi connectivity index (χ1v) is 10.1. The van der Waals surface area contributed by atoms with Crippen LogP contribution in [-0.4, -0.2) is 40.5 Å². The minimum atomic E-state index is -0.376. The number of anilines is 2. The van der Waals surface area contributed by atoms with Crippen molar-refractivity contribution in [2.45, 2.75) is 6.92 Å². The van der Waals surface area contributed by atoms with E-state index < -0.39 is 0 Å². The number of likely N-dealkylation sites (N-methyl/N-ethyl adjacent to an activating group) is 1. The zero-order chi connectivity index (χ0) is 20.7. The highest BCUT2D eigenvalue weighted by Gasteiger charge is 2.41. The fourth-order valence-electron chi connectivity index (χ4n) is 3.23. The van der Waals surface area contributed by atoms with Crippen LogP contribution in [0.25, 0.3) is 5.57 Å². The molecule has 0 aliphatic carbocycles. The monoisotopic (exact) mass is 423 g/mol. The summed E-state index contributed by atoms with van der Waals surface area (Å²) in [5, 5.41) is 2.80. The number of hydrogen-bond donors (Lipinski definition) is 1. The van der Waals surface area contributed by atoms with E-state index in [2.05, 4.69) is 5.32 Å². The second kappa shape index (κ2) is 7.46. The van der Waals surface area contributed by atoms with Gasteiger partial charge in [0.15, 0.2) is 0 Å². The Morgan fingerprint density at radius 3 is 2.41 bits per heavy atom. The molecule has 0 spiro atoms. The lowest BCUT2D eigenvalue weighted by atomic mass is 10.1. The Bertz CT molecular complexity index is 1090. The molecule has 146 valence electrons. The number of nitrogens with zero attached hydrogens (tertiary/aromatic N) is 2. The molecule has 2 aromatic carbocycles. The number of nitrogens with one attached hydrogen (secondary N) is 1. The number of hydrogen-bond acceptors (Lipinski definition) is 5. The van der Waals surface area contributed by atoms with Gasteiger partial charge in [-0.05, 0) is 25.1 Å². The molecule has 1 N–H and O–H groups in total. The highest BCUT2D eigenvalue weighted by molar-refractivity contribution is 8.26. The Kier molecular flexibility index (Phi) is 4.97. The lowest BCUT2D eigenvalue weighted by Crippen LogP contribution is -2.35. The molecular weight excluding hydrogens is 406 g/mol. The zero-order valence-corrected chi connectivity index (χ0v) is 17.4. The van der Waals surface area contributed by atoms with Crippen molar-refractivity contribution in [3.8, 4) is 0 Å². The van der Waals surface area contributed by atoms with Crippen molar-refractivity contribution < 1.29 is 14.4 Å². The molecular formula is C21H17N3O3S2. The molecule has 6 nitrogen and oxygen atoms in total. The molecule has 0 saturated carbocycles. The lowest BCUT2D eigenvalue weighted by Gasteiger charge is -2.16. The Balaban J connectivity index is 1.65. The molecule has 2 heterocycles. The van der Waals surface area contributed by atoms with Gasteiger partial charge in [-0.1, -0.05) is 59.9 Å². The van der Waals surface area contributed by atoms with Crippen LogP contribution in [0.4, 0.5) is 11.4 Å². The van der Waals surface area contributed by atoms with Crippen molar-refractivity contribution in [2.24, 2.45) is 0 Å². The van der Waals surface area contributed by atoms with Gasteiger partial charge in [0, 0.05) is 18.3 Å². The summed E-state index contributed by atoms with van der Waals surface area (Å²) in [6.07, 6.45) is 0. The van der Waals surface area contributed by atoms with Gasteiger partial charge in [0.2, 0.25) is 5.91 Å². The number of carbonyl (C=O) groups is 3. The van der Waals surface area contributed by atoms with E-state index in [1.807, 2.05) is 31.2 Å². The summed E-state index contributed by atoms with van der Waals surface area (Å²) in [7, 11) is 1.59. The zero-order valence-electron chi connectivity index (χ0n) is 15.8. The van der Waals surface area contributed by atoms with E-state index in [1.54, 1.807) is 31.3 Å². The maximum Gasteiger partial charge on any atom is 0.266 e. The topological polar surface area (TPSA) is 69.7 Å². The molecule has 0 radical (unpaired) electrons. The summed E-state index contributed by atoms with van der Waals surface area (Å²) in [4.78, 5) is 41.4. The van der Waals surface area contributed by atoms with Crippen molar-refractivity contribution in [3.63, 3.8) is 0 Å². The third kappa shape index (κ3) is 3.45. The van der Waals surface area contributed by atoms with Crippen molar-refractivity contribution in [2.75, 3.05) is 23.8 Å². The van der Waals surface area contributed by atoms with E-state index in [9.17, 15) is 14.4 Å². The van der Waals surface area contributed by atoms with Gasteiger partial charge in [0.05, 0.1) is 16.2 Å². The Hall–Kier alpha value is -2.97. The van der Waals surface area contributed by atoms with Crippen LogP contribution in [-0.2, 0) is 14.4 Å². The van der Waals surface area contributed by atoms with Crippen molar-refractivity contribution >= 4 is 63.0 Å². The van der Waals surface area contributed by atoms with Crippen LogP contribution in [0.3, 0.4) is 0 Å². The molecule has 2 aliphatic rings. The van der Waals surface area contributed by atoms with E-state index in [0.717, 1.165) is 17.3 Å². The van der Waals surface area contributed by atoms with Crippen LogP contribution < -0.4 is 10.2 Å². The molecule has 3 amide bonds. The number of para-hydroxylation sites is 1. The van der Waals surface area contributed by atoms with Crippen LogP contribution in [0.5, 0.6) is 0 Å². The first-order chi connectivity index (χ1) is 13.9. The predicted molar refractivity (Wildman–Crippen MR) is 118 cm³/mol. The smallest absolute Gasteiger partial charge is 0.266 e. The molecule has 8 heteroatoms. The van der Waals surface area contributed by atoms with Gasteiger partial charge < -0.3 is 5.32 Å². The maximum atomic E-state index is 13.2. The molecule has 1 saturated heterocycles. The Morgan fingerprint density at radius 1 is 1.07 bits per heavy atom. The summed E-state index contributed by atoms with van der Waals surface area (Å²) < 4.78 is 0.401. The second-order valence-electron chi connectivity index (χ2n) is 6.76. The second-order valence-corrected chi connectivity index (χ2v) is 8.40. The molecule has 2 aliphatic heterocycles. The summed E-state index contributed by atoms with van der Waals surface area (Å²) in [6, 6.07) is 14.6. The molecule has 2 aromatic rings. The normalized spacial score (nSPS) is 18.5. The van der Waals surface area contributed by atoms with Crippen LogP contribution in [0.1, 0.15) is 11.1 Å². The van der Waals surface area contributed by atoms with Crippen molar-refractivity contribution in [1.82, 2.24) is 4.90 Å². The van der Waals surface area contributed by atoms with E-state index >= 15 is 0 Å². The number of rotatable bonds is 3. The van der Waals surface area contributed by atoms with Crippen LogP contribution in [0, 0.1) is 6.92 Å².